The molecular formula is C22H22BrNO. The van der Waals surface area contributed by atoms with E-state index < -0.39 is 0 Å². The molecule has 0 saturated heterocycles. The largest absolute Gasteiger partial charge is 0.489 e. The van der Waals surface area contributed by atoms with E-state index in [1.165, 1.54) is 22.4 Å². The zero-order valence-electron chi connectivity index (χ0n) is 14.6. The summed E-state index contributed by atoms with van der Waals surface area (Å²) < 4.78 is 7.00. The molecule has 0 radical (unpaired) electrons. The smallest absolute Gasteiger partial charge is 0.120 e. The summed E-state index contributed by atoms with van der Waals surface area (Å²) in [5, 5.41) is 3.52. The quantitative estimate of drug-likeness (QED) is 0.531. The maximum absolute atomic E-state index is 5.92. The number of rotatable bonds is 6. The summed E-state index contributed by atoms with van der Waals surface area (Å²) in [5.74, 6) is 0.892. The predicted molar refractivity (Wildman–Crippen MR) is 108 cm³/mol. The lowest BCUT2D eigenvalue weighted by molar-refractivity contribution is 0.306. The van der Waals surface area contributed by atoms with Crippen LogP contribution in [0.5, 0.6) is 5.75 Å². The van der Waals surface area contributed by atoms with E-state index in [0.29, 0.717) is 6.61 Å². The molecule has 1 N–H and O–H groups in total. The topological polar surface area (TPSA) is 21.3 Å². The van der Waals surface area contributed by atoms with Gasteiger partial charge in [-0.1, -0.05) is 52.3 Å². The normalized spacial score (nSPS) is 10.5. The molecule has 0 heterocycles. The highest BCUT2D eigenvalue weighted by molar-refractivity contribution is 9.10. The Hall–Kier alpha value is -2.26. The van der Waals surface area contributed by atoms with Crippen LogP contribution in [0, 0.1) is 13.8 Å². The summed E-state index contributed by atoms with van der Waals surface area (Å²) in [5.41, 5.74) is 6.06. The van der Waals surface area contributed by atoms with E-state index in [0.717, 1.165) is 22.3 Å². The third-order valence-electron chi connectivity index (χ3n) is 4.09. The number of hydrogen-bond donors (Lipinski definition) is 1. The molecule has 0 spiro atoms. The van der Waals surface area contributed by atoms with Crippen molar-refractivity contribution >= 4 is 21.6 Å². The number of aryl methyl sites for hydroxylation is 2. The number of halogens is 1. The minimum absolute atomic E-state index is 0.571. The number of ether oxygens (including phenoxy) is 1. The second-order valence-corrected chi connectivity index (χ2v) is 7.15. The van der Waals surface area contributed by atoms with E-state index >= 15 is 0 Å². The van der Waals surface area contributed by atoms with Gasteiger partial charge in [-0.3, -0.25) is 0 Å². The van der Waals surface area contributed by atoms with Crippen LogP contribution in [0.1, 0.15) is 22.3 Å². The van der Waals surface area contributed by atoms with Crippen LogP contribution in [0.3, 0.4) is 0 Å². The van der Waals surface area contributed by atoms with Crippen LogP contribution in [0.2, 0.25) is 0 Å². The van der Waals surface area contributed by atoms with Gasteiger partial charge in [0.05, 0.1) is 0 Å². The van der Waals surface area contributed by atoms with Gasteiger partial charge in [0.2, 0.25) is 0 Å². The highest BCUT2D eigenvalue weighted by Gasteiger charge is 2.01. The summed E-state index contributed by atoms with van der Waals surface area (Å²) in [6.07, 6.45) is 0. The second-order valence-electron chi connectivity index (χ2n) is 6.23. The van der Waals surface area contributed by atoms with Crippen LogP contribution in [0.15, 0.2) is 71.2 Å². The van der Waals surface area contributed by atoms with Gasteiger partial charge in [0.15, 0.2) is 0 Å². The molecule has 0 bridgehead atoms. The maximum atomic E-state index is 5.92. The first kappa shape index (κ1) is 17.6. The van der Waals surface area contributed by atoms with Crippen LogP contribution < -0.4 is 10.1 Å². The monoisotopic (exact) mass is 395 g/mol. The molecule has 0 amide bonds. The molecule has 0 atom stereocenters. The van der Waals surface area contributed by atoms with Crippen molar-refractivity contribution in [3.05, 3.63) is 93.5 Å². The van der Waals surface area contributed by atoms with Crippen molar-refractivity contribution in [1.29, 1.82) is 0 Å². The summed E-state index contributed by atoms with van der Waals surface area (Å²) in [4.78, 5) is 0. The molecule has 0 aliphatic carbocycles. The molecule has 0 aliphatic heterocycles. The molecule has 0 saturated carbocycles. The fourth-order valence-corrected chi connectivity index (χ4v) is 2.88. The van der Waals surface area contributed by atoms with Crippen molar-refractivity contribution in [2.45, 2.75) is 27.0 Å². The second kappa shape index (κ2) is 8.21. The van der Waals surface area contributed by atoms with Gasteiger partial charge in [0, 0.05) is 16.7 Å². The molecule has 3 rings (SSSR count). The third kappa shape index (κ3) is 5.10. The van der Waals surface area contributed by atoms with Crippen molar-refractivity contribution in [2.24, 2.45) is 0 Å². The van der Waals surface area contributed by atoms with Gasteiger partial charge >= 0.3 is 0 Å². The molecule has 0 aliphatic rings. The lowest BCUT2D eigenvalue weighted by Gasteiger charge is -2.12. The Morgan fingerprint density at radius 1 is 0.880 bits per heavy atom. The van der Waals surface area contributed by atoms with Crippen molar-refractivity contribution in [3.63, 3.8) is 0 Å². The molecular weight excluding hydrogens is 374 g/mol. The van der Waals surface area contributed by atoms with E-state index in [4.69, 9.17) is 4.74 Å². The Labute approximate surface area is 158 Å². The summed E-state index contributed by atoms with van der Waals surface area (Å²) in [6.45, 7) is 5.58. The predicted octanol–water partition coefficient (Wildman–Crippen LogP) is 6.26. The van der Waals surface area contributed by atoms with Crippen LogP contribution in [0.25, 0.3) is 0 Å². The Morgan fingerprint density at radius 3 is 2.48 bits per heavy atom. The van der Waals surface area contributed by atoms with Crippen LogP contribution in [-0.2, 0) is 13.2 Å². The van der Waals surface area contributed by atoms with E-state index in [9.17, 15) is 0 Å². The molecule has 0 unspecified atom stereocenters. The van der Waals surface area contributed by atoms with Crippen LogP contribution in [0.4, 0.5) is 5.69 Å². The van der Waals surface area contributed by atoms with Gasteiger partial charge in [-0.2, -0.15) is 0 Å². The Kier molecular flexibility index (Phi) is 5.77. The van der Waals surface area contributed by atoms with Crippen molar-refractivity contribution in [1.82, 2.24) is 0 Å². The minimum Gasteiger partial charge on any atom is -0.489 e. The first-order valence-electron chi connectivity index (χ1n) is 8.37. The molecule has 25 heavy (non-hydrogen) atoms. The zero-order chi connectivity index (χ0) is 17.6. The fourth-order valence-electron chi connectivity index (χ4n) is 2.62. The lowest BCUT2D eigenvalue weighted by atomic mass is 10.1. The van der Waals surface area contributed by atoms with Crippen molar-refractivity contribution in [3.8, 4) is 5.75 Å². The van der Waals surface area contributed by atoms with Gasteiger partial charge in [0.1, 0.15) is 12.4 Å². The number of anilines is 1. The molecule has 128 valence electrons. The van der Waals surface area contributed by atoms with E-state index in [2.05, 4.69) is 77.6 Å². The van der Waals surface area contributed by atoms with Crippen molar-refractivity contribution in [2.75, 3.05) is 5.32 Å². The van der Waals surface area contributed by atoms with Crippen molar-refractivity contribution < 1.29 is 4.74 Å². The van der Waals surface area contributed by atoms with Gasteiger partial charge < -0.3 is 10.1 Å². The fraction of sp³-hybridized carbons (Fsp3) is 0.182. The molecule has 3 heteroatoms. The Balaban J connectivity index is 1.61. The highest BCUT2D eigenvalue weighted by atomic mass is 79.9. The molecule has 3 aromatic rings. The Bertz CT molecular complexity index is 843. The average Bonchev–Trinajstić information content (AvgIpc) is 2.62. The van der Waals surface area contributed by atoms with Gasteiger partial charge in [-0.25, -0.2) is 0 Å². The SMILES string of the molecule is Cc1ccc(C)c(NCc2cccc(OCc3ccc(Br)cc3)c2)c1. The van der Waals surface area contributed by atoms with E-state index in [1.807, 2.05) is 24.3 Å². The summed E-state index contributed by atoms with van der Waals surface area (Å²) in [6, 6.07) is 22.9. The zero-order valence-corrected chi connectivity index (χ0v) is 16.1. The third-order valence-corrected chi connectivity index (χ3v) is 4.62. The minimum atomic E-state index is 0.571. The van der Waals surface area contributed by atoms with Gasteiger partial charge in [0.25, 0.3) is 0 Å². The molecule has 3 aromatic carbocycles. The van der Waals surface area contributed by atoms with Gasteiger partial charge in [-0.05, 0) is 66.4 Å². The first-order valence-corrected chi connectivity index (χ1v) is 9.17. The maximum Gasteiger partial charge on any atom is 0.120 e. The number of nitrogens with one attached hydrogen (secondary N) is 1. The molecule has 0 fully saturated rings. The first-order chi connectivity index (χ1) is 12.1. The molecule has 0 aromatic heterocycles. The van der Waals surface area contributed by atoms with Crippen LogP contribution >= 0.6 is 15.9 Å². The lowest BCUT2D eigenvalue weighted by Crippen LogP contribution is -2.02. The molecule has 2 nitrogen and oxygen atoms in total. The van der Waals surface area contributed by atoms with Gasteiger partial charge in [-0.15, -0.1) is 0 Å². The number of hydrogen-bond acceptors (Lipinski definition) is 2. The summed E-state index contributed by atoms with van der Waals surface area (Å²) in [7, 11) is 0. The Morgan fingerprint density at radius 2 is 1.68 bits per heavy atom. The highest BCUT2D eigenvalue weighted by Crippen LogP contribution is 2.20. The van der Waals surface area contributed by atoms with E-state index in [-0.39, 0.29) is 0 Å². The van der Waals surface area contributed by atoms with Crippen LogP contribution in [-0.4, -0.2) is 0 Å². The number of benzene rings is 3. The standard InChI is InChI=1S/C22H22BrNO/c1-16-6-7-17(2)22(12-16)24-14-19-4-3-5-21(13-19)25-15-18-8-10-20(23)11-9-18/h3-13,24H,14-15H2,1-2H3. The van der Waals surface area contributed by atoms with E-state index in [1.54, 1.807) is 0 Å². The average molecular weight is 396 g/mol. The summed E-state index contributed by atoms with van der Waals surface area (Å²) >= 11 is 3.45.